The number of nitrogens with one attached hydrogen (secondary N) is 2. The van der Waals surface area contributed by atoms with E-state index in [4.69, 9.17) is 4.74 Å². The molecule has 172 valence electrons. The van der Waals surface area contributed by atoms with Crippen molar-refractivity contribution in [1.82, 2.24) is 15.5 Å². The summed E-state index contributed by atoms with van der Waals surface area (Å²) in [4.78, 5) is 50.6. The molecule has 10 nitrogen and oxygen atoms in total. The van der Waals surface area contributed by atoms with Gasteiger partial charge >= 0.3 is 12.1 Å². The molecule has 2 saturated heterocycles. The lowest BCUT2D eigenvalue weighted by atomic mass is 9.98. The number of nitrogens with zero attached hydrogens (tertiary/aromatic N) is 1. The van der Waals surface area contributed by atoms with E-state index < -0.39 is 63.8 Å². The van der Waals surface area contributed by atoms with Crippen LogP contribution in [0.15, 0.2) is 42.5 Å². The van der Waals surface area contributed by atoms with Gasteiger partial charge in [-0.15, -0.1) is 0 Å². The van der Waals surface area contributed by atoms with Crippen LogP contribution in [0.3, 0.4) is 0 Å². The molecule has 0 aliphatic carbocycles. The summed E-state index contributed by atoms with van der Waals surface area (Å²) in [6.45, 7) is 8.65. The topological polar surface area (TPSA) is 142 Å². The number of hydrogen-bond donors (Lipinski definition) is 3. The van der Waals surface area contributed by atoms with Crippen LogP contribution in [-0.2, 0) is 29.9 Å². The third-order valence-electron chi connectivity index (χ3n) is 4.93. The van der Waals surface area contributed by atoms with Crippen LogP contribution < -0.4 is 10.6 Å². The number of aliphatic carboxylic acids is 1. The van der Waals surface area contributed by atoms with Gasteiger partial charge in [0, 0.05) is 5.75 Å². The molecule has 0 spiro atoms. The predicted octanol–water partition coefficient (Wildman–Crippen LogP) is 0.677. The fraction of sp³-hybridized carbons (Fsp3) is 0.429. The lowest BCUT2D eigenvalue weighted by Crippen LogP contribution is -2.77. The number of carbonyl (C=O) groups is 4. The highest BCUT2D eigenvalue weighted by Gasteiger charge is 2.59. The SMILES string of the molecule is C=C1CS(=O)[C@H]2[C@H](NC(=O)C(NC(=O)OC(C)(C)C)c3ccccc3)C(=O)N2[C@H]1C(=O)O. The molecular formula is C21H25N3O7S. The molecule has 0 radical (unpaired) electrons. The third kappa shape index (κ3) is 4.67. The van der Waals surface area contributed by atoms with E-state index >= 15 is 0 Å². The van der Waals surface area contributed by atoms with Gasteiger partial charge in [0.2, 0.25) is 11.8 Å². The molecule has 11 heteroatoms. The summed E-state index contributed by atoms with van der Waals surface area (Å²) in [5.41, 5.74) is -0.181. The number of β-lactam (4-membered cyclic amide) rings is 1. The van der Waals surface area contributed by atoms with Gasteiger partial charge in [-0.1, -0.05) is 36.9 Å². The minimum absolute atomic E-state index is 0.0872. The summed E-state index contributed by atoms with van der Waals surface area (Å²) in [6.07, 6.45) is -0.827. The van der Waals surface area contributed by atoms with E-state index in [0.29, 0.717) is 5.56 Å². The minimum Gasteiger partial charge on any atom is -0.479 e. The van der Waals surface area contributed by atoms with Gasteiger partial charge in [0.05, 0.1) is 10.8 Å². The van der Waals surface area contributed by atoms with Gasteiger partial charge in [-0.05, 0) is 31.9 Å². The van der Waals surface area contributed by atoms with Crippen molar-refractivity contribution in [3.63, 3.8) is 0 Å². The molecule has 2 heterocycles. The highest BCUT2D eigenvalue weighted by molar-refractivity contribution is 7.86. The van der Waals surface area contributed by atoms with Crippen molar-refractivity contribution in [3.05, 3.63) is 48.0 Å². The quantitative estimate of drug-likeness (QED) is 0.430. The van der Waals surface area contributed by atoms with Gasteiger partial charge in [-0.3, -0.25) is 13.8 Å². The third-order valence-corrected chi connectivity index (χ3v) is 6.62. The summed E-state index contributed by atoms with van der Waals surface area (Å²) in [7, 11) is -1.63. The van der Waals surface area contributed by atoms with Gasteiger partial charge in [0.25, 0.3) is 0 Å². The highest BCUT2D eigenvalue weighted by atomic mass is 32.2. The van der Waals surface area contributed by atoms with Crippen LogP contribution >= 0.6 is 0 Å². The molecule has 0 bridgehead atoms. The Kier molecular flexibility index (Phi) is 6.40. The Hall–Kier alpha value is -3.21. The van der Waals surface area contributed by atoms with Crippen molar-refractivity contribution in [2.45, 2.75) is 49.9 Å². The van der Waals surface area contributed by atoms with E-state index in [1.807, 2.05) is 0 Å². The van der Waals surface area contributed by atoms with E-state index in [9.17, 15) is 28.5 Å². The molecule has 1 aromatic rings. The number of carboxylic acid groups (broad SMARTS) is 1. The first kappa shape index (κ1) is 23.5. The van der Waals surface area contributed by atoms with Gasteiger partial charge in [-0.2, -0.15) is 0 Å². The number of amides is 3. The Morgan fingerprint density at radius 1 is 1.25 bits per heavy atom. The lowest BCUT2D eigenvalue weighted by molar-refractivity contribution is -0.160. The van der Waals surface area contributed by atoms with Crippen molar-refractivity contribution in [2.24, 2.45) is 0 Å². The lowest BCUT2D eigenvalue weighted by Gasteiger charge is -2.52. The van der Waals surface area contributed by atoms with Crippen LogP contribution in [-0.4, -0.2) is 66.9 Å². The summed E-state index contributed by atoms with van der Waals surface area (Å²) in [6, 6.07) is 4.70. The van der Waals surface area contributed by atoms with Crippen LogP contribution in [0.2, 0.25) is 0 Å². The number of carbonyl (C=O) groups excluding carboxylic acids is 3. The molecule has 3 N–H and O–H groups in total. The monoisotopic (exact) mass is 463 g/mol. The second kappa shape index (κ2) is 8.73. The van der Waals surface area contributed by atoms with E-state index in [1.54, 1.807) is 51.1 Å². The van der Waals surface area contributed by atoms with Gasteiger partial charge in [0.1, 0.15) is 23.1 Å². The number of hydrogen-bond acceptors (Lipinski definition) is 6. The molecule has 3 amide bonds. The number of fused-ring (bicyclic) bond motifs is 1. The number of carboxylic acids is 1. The summed E-state index contributed by atoms with van der Waals surface area (Å²) in [5.74, 6) is -2.75. The molecule has 3 rings (SSSR count). The van der Waals surface area contributed by atoms with Crippen LogP contribution in [0.4, 0.5) is 4.79 Å². The summed E-state index contributed by atoms with van der Waals surface area (Å²) in [5, 5.41) is 13.5. The number of rotatable bonds is 5. The van der Waals surface area contributed by atoms with Gasteiger partial charge in [-0.25, -0.2) is 9.59 Å². The maximum atomic E-state index is 13.1. The zero-order chi connectivity index (χ0) is 23.8. The Morgan fingerprint density at radius 3 is 2.44 bits per heavy atom. The molecule has 5 atom stereocenters. The van der Waals surface area contributed by atoms with Crippen LogP contribution in [0.25, 0.3) is 0 Å². The molecule has 1 aromatic carbocycles. The molecule has 2 fully saturated rings. The largest absolute Gasteiger partial charge is 0.479 e. The van der Waals surface area contributed by atoms with Crippen molar-refractivity contribution in [1.29, 1.82) is 0 Å². The molecule has 0 saturated carbocycles. The van der Waals surface area contributed by atoms with Gasteiger partial charge in [0.15, 0.2) is 6.04 Å². The second-order valence-corrected chi connectivity index (χ2v) is 10.1. The molecule has 2 unspecified atom stereocenters. The standard InChI is InChI=1S/C21H25N3O7S/c1-11-10-32(30)18-14(17(26)24(18)15(11)19(27)28)22-16(25)13(12-8-6-5-7-9-12)23-20(29)31-21(2,3)4/h5-9,13-15,18H,1,10H2,2-4H3,(H,22,25)(H,23,29)(H,27,28)/t13?,14-,15-,18+,32?/m1/s1. The highest BCUT2D eigenvalue weighted by Crippen LogP contribution is 2.34. The van der Waals surface area contributed by atoms with E-state index in [1.165, 1.54) is 0 Å². The zero-order valence-corrected chi connectivity index (χ0v) is 18.7. The van der Waals surface area contributed by atoms with Crippen molar-refractivity contribution in [3.8, 4) is 0 Å². The Labute approximate surface area is 187 Å². The molecule has 2 aliphatic heterocycles. The maximum Gasteiger partial charge on any atom is 0.408 e. The van der Waals surface area contributed by atoms with Crippen molar-refractivity contribution >= 4 is 34.7 Å². The first-order valence-electron chi connectivity index (χ1n) is 9.85. The predicted molar refractivity (Wildman–Crippen MR) is 115 cm³/mol. The van der Waals surface area contributed by atoms with Gasteiger partial charge < -0.3 is 25.4 Å². The Morgan fingerprint density at radius 2 is 1.88 bits per heavy atom. The maximum absolute atomic E-state index is 13.1. The number of benzene rings is 1. The summed E-state index contributed by atoms with van der Waals surface area (Å²) < 4.78 is 17.8. The average Bonchev–Trinajstić information content (AvgIpc) is 2.68. The Bertz CT molecular complexity index is 989. The van der Waals surface area contributed by atoms with Crippen molar-refractivity contribution in [2.75, 3.05) is 5.75 Å². The first-order valence-corrected chi connectivity index (χ1v) is 11.2. The fourth-order valence-electron chi connectivity index (χ4n) is 3.62. The van der Waals surface area contributed by atoms with Crippen LogP contribution in [0.1, 0.15) is 32.4 Å². The normalized spacial score (nSPS) is 25.8. The second-order valence-electron chi connectivity index (χ2n) is 8.54. The molecule has 0 aromatic heterocycles. The van der Waals surface area contributed by atoms with E-state index in [0.717, 1.165) is 4.90 Å². The van der Waals surface area contributed by atoms with Crippen LogP contribution in [0.5, 0.6) is 0 Å². The summed E-state index contributed by atoms with van der Waals surface area (Å²) >= 11 is 0. The number of alkyl carbamates (subject to hydrolysis) is 1. The molecular weight excluding hydrogens is 438 g/mol. The molecule has 32 heavy (non-hydrogen) atoms. The smallest absolute Gasteiger partial charge is 0.408 e. The van der Waals surface area contributed by atoms with Crippen molar-refractivity contribution < 1.29 is 33.2 Å². The first-order chi connectivity index (χ1) is 14.9. The number of ether oxygens (including phenoxy) is 1. The van der Waals surface area contributed by atoms with Crippen LogP contribution in [0, 0.1) is 0 Å². The minimum atomic E-state index is -1.63. The molecule has 2 aliphatic rings. The Balaban J connectivity index is 1.80. The zero-order valence-electron chi connectivity index (χ0n) is 17.9. The fourth-order valence-corrected chi connectivity index (χ4v) is 5.28. The van der Waals surface area contributed by atoms with E-state index in [2.05, 4.69) is 17.2 Å². The van der Waals surface area contributed by atoms with E-state index in [-0.39, 0.29) is 11.3 Å². The average molecular weight is 464 g/mol.